The molecule has 1 atom stereocenters. The standard InChI is InChI=1S/C25H25F2NO/c1-18-10-12-19(13-11-18)17-28-14-4-9-24(28)25(29,20-5-2-7-22(26)15-20)21-6-3-8-23(27)16-21/h2-3,5-8,10-13,15-16,24,29H,4,9,14,17H2,1H3. The number of aryl methyl sites for hydroxylation is 1. The van der Waals surface area contributed by atoms with E-state index in [2.05, 4.69) is 36.1 Å². The summed E-state index contributed by atoms with van der Waals surface area (Å²) in [6, 6.07) is 20.1. The Labute approximate surface area is 170 Å². The topological polar surface area (TPSA) is 23.5 Å². The van der Waals surface area contributed by atoms with Crippen molar-refractivity contribution in [3.63, 3.8) is 0 Å². The van der Waals surface area contributed by atoms with Crippen molar-refractivity contribution < 1.29 is 13.9 Å². The lowest BCUT2D eigenvalue weighted by molar-refractivity contribution is -0.00695. The van der Waals surface area contributed by atoms with Gasteiger partial charge in [-0.05, 0) is 67.3 Å². The molecule has 1 fully saturated rings. The van der Waals surface area contributed by atoms with Crippen molar-refractivity contribution in [3.8, 4) is 0 Å². The second-order valence-corrected chi connectivity index (χ2v) is 7.90. The highest BCUT2D eigenvalue weighted by Gasteiger charge is 2.45. The van der Waals surface area contributed by atoms with Crippen LogP contribution < -0.4 is 0 Å². The fraction of sp³-hybridized carbons (Fsp3) is 0.280. The highest BCUT2D eigenvalue weighted by Crippen LogP contribution is 2.41. The van der Waals surface area contributed by atoms with Crippen LogP contribution in [0.15, 0.2) is 72.8 Å². The number of rotatable bonds is 5. The van der Waals surface area contributed by atoms with Crippen LogP contribution in [0.5, 0.6) is 0 Å². The van der Waals surface area contributed by atoms with Crippen LogP contribution in [-0.2, 0) is 12.1 Å². The number of benzene rings is 3. The number of hydrogen-bond acceptors (Lipinski definition) is 2. The van der Waals surface area contributed by atoms with Crippen molar-refractivity contribution in [1.82, 2.24) is 4.90 Å². The van der Waals surface area contributed by atoms with Crippen LogP contribution in [0.25, 0.3) is 0 Å². The summed E-state index contributed by atoms with van der Waals surface area (Å²) in [6.07, 6.45) is 1.67. The molecule has 0 aromatic heterocycles. The van der Waals surface area contributed by atoms with Crippen molar-refractivity contribution in [2.75, 3.05) is 6.54 Å². The maximum atomic E-state index is 14.1. The Kier molecular flexibility index (Phi) is 5.48. The Morgan fingerprint density at radius 1 is 0.931 bits per heavy atom. The van der Waals surface area contributed by atoms with Gasteiger partial charge in [0.1, 0.15) is 17.2 Å². The first-order chi connectivity index (χ1) is 14.0. The van der Waals surface area contributed by atoms with Crippen molar-refractivity contribution in [2.24, 2.45) is 0 Å². The molecule has 2 nitrogen and oxygen atoms in total. The molecule has 1 aliphatic heterocycles. The third-order valence-electron chi connectivity index (χ3n) is 5.88. The molecule has 0 radical (unpaired) electrons. The van der Waals surface area contributed by atoms with E-state index in [1.165, 1.54) is 29.8 Å². The molecule has 0 bridgehead atoms. The zero-order chi connectivity index (χ0) is 20.4. The lowest BCUT2D eigenvalue weighted by Gasteiger charge is -2.40. The van der Waals surface area contributed by atoms with Gasteiger partial charge in [-0.3, -0.25) is 4.90 Å². The summed E-state index contributed by atoms with van der Waals surface area (Å²) in [5.74, 6) is -0.833. The summed E-state index contributed by atoms with van der Waals surface area (Å²) in [5, 5.41) is 12.0. The molecule has 4 rings (SSSR count). The zero-order valence-corrected chi connectivity index (χ0v) is 16.5. The molecule has 3 aromatic carbocycles. The number of halogens is 2. The lowest BCUT2D eigenvalue weighted by Crippen LogP contribution is -2.48. The second kappa shape index (κ2) is 8.05. The number of likely N-dealkylation sites (tertiary alicyclic amines) is 1. The molecule has 0 saturated carbocycles. The maximum absolute atomic E-state index is 14.1. The first-order valence-corrected chi connectivity index (χ1v) is 10.0. The van der Waals surface area contributed by atoms with Crippen LogP contribution in [0.1, 0.15) is 35.1 Å². The molecule has 1 saturated heterocycles. The number of nitrogens with zero attached hydrogens (tertiary/aromatic N) is 1. The molecule has 1 heterocycles. The van der Waals surface area contributed by atoms with Crippen LogP contribution in [-0.4, -0.2) is 22.6 Å². The van der Waals surface area contributed by atoms with Crippen molar-refractivity contribution in [2.45, 2.75) is 38.0 Å². The van der Waals surface area contributed by atoms with Gasteiger partial charge in [0.05, 0.1) is 0 Å². The smallest absolute Gasteiger partial charge is 0.130 e. The molecule has 29 heavy (non-hydrogen) atoms. The van der Waals surface area contributed by atoms with Crippen LogP contribution in [0.3, 0.4) is 0 Å². The first-order valence-electron chi connectivity index (χ1n) is 10.0. The minimum atomic E-state index is -1.51. The van der Waals surface area contributed by atoms with Gasteiger partial charge in [0.15, 0.2) is 0 Å². The minimum Gasteiger partial charge on any atom is -0.379 e. The molecule has 3 aromatic rings. The van der Waals surface area contributed by atoms with Gasteiger partial charge in [0.25, 0.3) is 0 Å². The summed E-state index contributed by atoms with van der Waals surface area (Å²) < 4.78 is 28.1. The molecule has 1 unspecified atom stereocenters. The Balaban J connectivity index is 1.76. The molecule has 1 aliphatic rings. The van der Waals surface area contributed by atoms with Crippen molar-refractivity contribution >= 4 is 0 Å². The average Bonchev–Trinajstić information content (AvgIpc) is 3.18. The predicted octanol–water partition coefficient (Wildman–Crippen LogP) is 5.17. The highest BCUT2D eigenvalue weighted by molar-refractivity contribution is 5.39. The van der Waals surface area contributed by atoms with Gasteiger partial charge in [-0.1, -0.05) is 54.1 Å². The summed E-state index contributed by atoms with van der Waals surface area (Å²) in [7, 11) is 0. The predicted molar refractivity (Wildman–Crippen MR) is 110 cm³/mol. The molecule has 0 amide bonds. The van der Waals surface area contributed by atoms with Gasteiger partial charge in [0.2, 0.25) is 0 Å². The minimum absolute atomic E-state index is 0.285. The summed E-state index contributed by atoms with van der Waals surface area (Å²) in [5.41, 5.74) is 1.74. The van der Waals surface area contributed by atoms with Gasteiger partial charge in [-0.15, -0.1) is 0 Å². The average molecular weight is 393 g/mol. The van der Waals surface area contributed by atoms with E-state index in [1.807, 2.05) is 0 Å². The van der Waals surface area contributed by atoms with Crippen LogP contribution in [0.4, 0.5) is 8.78 Å². The normalized spacial score (nSPS) is 17.6. The molecule has 0 spiro atoms. The molecule has 4 heteroatoms. The Morgan fingerprint density at radius 3 is 2.07 bits per heavy atom. The Hall–Kier alpha value is -2.56. The summed E-state index contributed by atoms with van der Waals surface area (Å²) in [6.45, 7) is 3.55. The summed E-state index contributed by atoms with van der Waals surface area (Å²) >= 11 is 0. The lowest BCUT2D eigenvalue weighted by atomic mass is 9.79. The molecule has 150 valence electrons. The van der Waals surface area contributed by atoms with E-state index in [4.69, 9.17) is 0 Å². The SMILES string of the molecule is Cc1ccc(CN2CCCC2C(O)(c2cccc(F)c2)c2cccc(F)c2)cc1. The van der Waals surface area contributed by atoms with Gasteiger partial charge < -0.3 is 5.11 Å². The fourth-order valence-electron chi connectivity index (χ4n) is 4.42. The van der Waals surface area contributed by atoms with Crippen molar-refractivity contribution in [1.29, 1.82) is 0 Å². The van der Waals surface area contributed by atoms with E-state index in [-0.39, 0.29) is 6.04 Å². The third kappa shape index (κ3) is 3.96. The van der Waals surface area contributed by atoms with Gasteiger partial charge in [-0.25, -0.2) is 8.78 Å². The Morgan fingerprint density at radius 2 is 1.52 bits per heavy atom. The maximum Gasteiger partial charge on any atom is 0.130 e. The second-order valence-electron chi connectivity index (χ2n) is 7.90. The van der Waals surface area contributed by atoms with E-state index in [0.29, 0.717) is 17.7 Å². The van der Waals surface area contributed by atoms with E-state index >= 15 is 0 Å². The third-order valence-corrected chi connectivity index (χ3v) is 5.88. The van der Waals surface area contributed by atoms with Gasteiger partial charge in [0, 0.05) is 12.6 Å². The molecular formula is C25H25F2NO. The van der Waals surface area contributed by atoms with Crippen LogP contribution in [0, 0.1) is 18.6 Å². The summed E-state index contributed by atoms with van der Waals surface area (Å²) in [4.78, 5) is 2.22. The Bertz CT molecular complexity index is 941. The zero-order valence-electron chi connectivity index (χ0n) is 16.5. The molecular weight excluding hydrogens is 368 g/mol. The van der Waals surface area contributed by atoms with E-state index < -0.39 is 17.2 Å². The van der Waals surface area contributed by atoms with E-state index in [9.17, 15) is 13.9 Å². The number of hydrogen-bond donors (Lipinski definition) is 1. The monoisotopic (exact) mass is 393 g/mol. The van der Waals surface area contributed by atoms with Crippen molar-refractivity contribution in [3.05, 3.63) is 107 Å². The molecule has 1 N–H and O–H groups in total. The first kappa shape index (κ1) is 19.7. The van der Waals surface area contributed by atoms with Crippen LogP contribution >= 0.6 is 0 Å². The van der Waals surface area contributed by atoms with E-state index in [1.54, 1.807) is 24.3 Å². The number of aliphatic hydroxyl groups is 1. The quantitative estimate of drug-likeness (QED) is 0.646. The van der Waals surface area contributed by atoms with E-state index in [0.717, 1.165) is 24.9 Å². The van der Waals surface area contributed by atoms with Crippen LogP contribution in [0.2, 0.25) is 0 Å². The largest absolute Gasteiger partial charge is 0.379 e. The highest BCUT2D eigenvalue weighted by atomic mass is 19.1. The fourth-order valence-corrected chi connectivity index (χ4v) is 4.42. The molecule has 0 aliphatic carbocycles. The van der Waals surface area contributed by atoms with Gasteiger partial charge >= 0.3 is 0 Å². The van der Waals surface area contributed by atoms with Gasteiger partial charge in [-0.2, -0.15) is 0 Å².